The average Bonchev–Trinajstić information content (AvgIpc) is 3.43. The summed E-state index contributed by atoms with van der Waals surface area (Å²) in [5.41, 5.74) is 1.74. The molecule has 2 unspecified atom stereocenters. The van der Waals surface area contributed by atoms with E-state index < -0.39 is 11.5 Å². The van der Waals surface area contributed by atoms with Crippen molar-refractivity contribution in [2.24, 2.45) is 23.7 Å². The monoisotopic (exact) mass is 382 g/mol. The molecule has 4 aliphatic carbocycles. The highest BCUT2D eigenvalue weighted by Gasteiger charge is 2.61. The zero-order chi connectivity index (χ0) is 19.3. The molecule has 0 amide bonds. The SMILES string of the molecule is CC1CCC(C2CCC(c3ccc(C4=CC=C(F)C5(F)CC45)cc3)CC2)CC1. The fraction of sp³-hybridized carbons (Fsp3) is 0.615. The first-order valence-electron chi connectivity index (χ1n) is 11.4. The Balaban J connectivity index is 1.21. The molecule has 0 aliphatic heterocycles. The van der Waals surface area contributed by atoms with Crippen molar-refractivity contribution in [3.63, 3.8) is 0 Å². The molecule has 28 heavy (non-hydrogen) atoms. The number of allylic oxidation sites excluding steroid dienone is 4. The van der Waals surface area contributed by atoms with Crippen molar-refractivity contribution in [3.05, 3.63) is 53.4 Å². The largest absolute Gasteiger partial charge is 0.235 e. The molecule has 150 valence electrons. The van der Waals surface area contributed by atoms with Gasteiger partial charge in [-0.25, -0.2) is 8.78 Å². The minimum absolute atomic E-state index is 0.281. The van der Waals surface area contributed by atoms with Gasteiger partial charge in [0.25, 0.3) is 0 Å². The van der Waals surface area contributed by atoms with E-state index in [0.29, 0.717) is 12.3 Å². The lowest BCUT2D eigenvalue weighted by Gasteiger charge is -2.37. The molecule has 0 aromatic heterocycles. The van der Waals surface area contributed by atoms with Gasteiger partial charge in [-0.15, -0.1) is 0 Å². The summed E-state index contributed by atoms with van der Waals surface area (Å²) in [5, 5.41) is 0. The van der Waals surface area contributed by atoms with Crippen molar-refractivity contribution in [1.82, 2.24) is 0 Å². The predicted octanol–water partition coefficient (Wildman–Crippen LogP) is 7.77. The first-order valence-corrected chi connectivity index (χ1v) is 11.4. The lowest BCUT2D eigenvalue weighted by molar-refractivity contribution is 0.165. The van der Waals surface area contributed by atoms with Gasteiger partial charge in [-0.05, 0) is 91.4 Å². The summed E-state index contributed by atoms with van der Waals surface area (Å²) in [7, 11) is 0. The van der Waals surface area contributed by atoms with Crippen molar-refractivity contribution in [2.75, 3.05) is 0 Å². The van der Waals surface area contributed by atoms with Crippen molar-refractivity contribution in [2.45, 2.75) is 76.3 Å². The maximum atomic E-state index is 14.4. The van der Waals surface area contributed by atoms with E-state index in [9.17, 15) is 8.78 Å². The van der Waals surface area contributed by atoms with E-state index in [1.165, 1.54) is 63.0 Å². The number of halogens is 2. The molecule has 3 saturated carbocycles. The van der Waals surface area contributed by atoms with E-state index in [4.69, 9.17) is 0 Å². The van der Waals surface area contributed by atoms with Crippen LogP contribution in [0, 0.1) is 23.7 Å². The summed E-state index contributed by atoms with van der Waals surface area (Å²) in [6, 6.07) is 8.73. The molecule has 0 spiro atoms. The Bertz CT molecular complexity index is 773. The first-order chi connectivity index (χ1) is 13.5. The van der Waals surface area contributed by atoms with Crippen LogP contribution in [0.15, 0.2) is 42.2 Å². The quantitative estimate of drug-likeness (QED) is 0.501. The highest BCUT2D eigenvalue weighted by atomic mass is 19.2. The molecule has 0 bridgehead atoms. The molecule has 5 rings (SSSR count). The molecule has 3 fully saturated rings. The molecule has 2 heteroatoms. The number of hydrogen-bond donors (Lipinski definition) is 0. The van der Waals surface area contributed by atoms with E-state index >= 15 is 0 Å². The molecule has 0 N–H and O–H groups in total. The zero-order valence-electron chi connectivity index (χ0n) is 17.0. The van der Waals surface area contributed by atoms with Gasteiger partial charge in [0.15, 0.2) is 5.67 Å². The topological polar surface area (TPSA) is 0 Å². The summed E-state index contributed by atoms with van der Waals surface area (Å²) in [5.74, 6) is 2.66. The van der Waals surface area contributed by atoms with Gasteiger partial charge in [-0.3, -0.25) is 0 Å². The van der Waals surface area contributed by atoms with Gasteiger partial charge in [0.1, 0.15) is 5.83 Å². The van der Waals surface area contributed by atoms with Crippen LogP contribution >= 0.6 is 0 Å². The third-order valence-corrected chi connectivity index (χ3v) is 8.29. The molecule has 1 aromatic rings. The van der Waals surface area contributed by atoms with Crippen LogP contribution in [0.5, 0.6) is 0 Å². The average molecular weight is 383 g/mol. The van der Waals surface area contributed by atoms with Crippen LogP contribution in [-0.4, -0.2) is 5.67 Å². The lowest BCUT2D eigenvalue weighted by atomic mass is 9.68. The van der Waals surface area contributed by atoms with Crippen LogP contribution in [-0.2, 0) is 0 Å². The lowest BCUT2D eigenvalue weighted by Crippen LogP contribution is -2.24. The van der Waals surface area contributed by atoms with Gasteiger partial charge in [0.05, 0.1) is 0 Å². The molecule has 4 aliphatic rings. The van der Waals surface area contributed by atoms with Crippen LogP contribution in [0.2, 0.25) is 0 Å². The number of hydrogen-bond acceptors (Lipinski definition) is 0. The summed E-state index contributed by atoms with van der Waals surface area (Å²) in [6.45, 7) is 2.41. The Labute approximate surface area is 168 Å². The van der Waals surface area contributed by atoms with Crippen LogP contribution in [0.25, 0.3) is 5.57 Å². The first kappa shape index (κ1) is 18.6. The van der Waals surface area contributed by atoms with Crippen LogP contribution in [0.3, 0.4) is 0 Å². The second-order valence-electron chi connectivity index (χ2n) is 10.0. The fourth-order valence-electron chi connectivity index (χ4n) is 6.20. The van der Waals surface area contributed by atoms with E-state index in [-0.39, 0.29) is 5.92 Å². The van der Waals surface area contributed by atoms with Gasteiger partial charge in [-0.2, -0.15) is 0 Å². The van der Waals surface area contributed by atoms with Crippen molar-refractivity contribution < 1.29 is 8.78 Å². The molecular formula is C26H32F2. The van der Waals surface area contributed by atoms with Crippen molar-refractivity contribution >= 4 is 5.57 Å². The second-order valence-corrected chi connectivity index (χ2v) is 10.0. The van der Waals surface area contributed by atoms with Crippen LogP contribution < -0.4 is 0 Å². The molecule has 0 saturated heterocycles. The maximum absolute atomic E-state index is 14.4. The molecule has 0 nitrogen and oxygen atoms in total. The third kappa shape index (κ3) is 3.27. The smallest absolute Gasteiger partial charge is 0.169 e. The van der Waals surface area contributed by atoms with Gasteiger partial charge < -0.3 is 0 Å². The zero-order valence-corrected chi connectivity index (χ0v) is 17.0. The Morgan fingerprint density at radius 2 is 1.43 bits per heavy atom. The number of alkyl halides is 1. The predicted molar refractivity (Wildman–Crippen MR) is 111 cm³/mol. The minimum Gasteiger partial charge on any atom is -0.235 e. The minimum atomic E-state index is -1.71. The van der Waals surface area contributed by atoms with Crippen molar-refractivity contribution in [3.8, 4) is 0 Å². The molecule has 0 heterocycles. The molecule has 1 aromatic carbocycles. The van der Waals surface area contributed by atoms with Crippen LogP contribution in [0.4, 0.5) is 8.78 Å². The third-order valence-electron chi connectivity index (χ3n) is 8.29. The summed E-state index contributed by atoms with van der Waals surface area (Å²) < 4.78 is 28.0. The fourth-order valence-corrected chi connectivity index (χ4v) is 6.20. The van der Waals surface area contributed by atoms with E-state index in [0.717, 1.165) is 28.9 Å². The van der Waals surface area contributed by atoms with Crippen LogP contribution in [0.1, 0.15) is 81.8 Å². The van der Waals surface area contributed by atoms with E-state index in [1.807, 2.05) is 0 Å². The normalized spacial score (nSPS) is 40.3. The number of fused-ring (bicyclic) bond motifs is 1. The summed E-state index contributed by atoms with van der Waals surface area (Å²) in [4.78, 5) is 0. The Morgan fingerprint density at radius 1 is 0.821 bits per heavy atom. The standard InChI is InChI=1S/C26H32F2/c1-17-2-4-18(5-3-17)19-6-8-20(9-7-19)21-10-12-22(13-11-21)23-14-15-25(27)26(28)16-24(23)26/h10-15,17-20,24H,2-9,16H2,1H3. The second kappa shape index (κ2) is 7.11. The van der Waals surface area contributed by atoms with Gasteiger partial charge in [0.2, 0.25) is 0 Å². The van der Waals surface area contributed by atoms with Gasteiger partial charge >= 0.3 is 0 Å². The van der Waals surface area contributed by atoms with Gasteiger partial charge in [0, 0.05) is 5.92 Å². The summed E-state index contributed by atoms with van der Waals surface area (Å²) in [6.07, 6.45) is 14.5. The van der Waals surface area contributed by atoms with E-state index in [1.54, 1.807) is 6.08 Å². The summed E-state index contributed by atoms with van der Waals surface area (Å²) >= 11 is 0. The Kier molecular flexibility index (Phi) is 4.72. The number of benzene rings is 1. The molecule has 0 radical (unpaired) electrons. The highest BCUT2D eigenvalue weighted by molar-refractivity contribution is 5.76. The highest BCUT2D eigenvalue weighted by Crippen LogP contribution is 2.61. The molecular weight excluding hydrogens is 350 g/mol. The number of rotatable bonds is 3. The van der Waals surface area contributed by atoms with Gasteiger partial charge in [-0.1, -0.05) is 50.1 Å². The Hall–Kier alpha value is -1.44. The molecule has 2 atom stereocenters. The maximum Gasteiger partial charge on any atom is 0.169 e. The van der Waals surface area contributed by atoms with E-state index in [2.05, 4.69) is 31.2 Å². The Morgan fingerprint density at radius 3 is 2.07 bits per heavy atom. The van der Waals surface area contributed by atoms with Crippen molar-refractivity contribution in [1.29, 1.82) is 0 Å².